The number of hydrogen-bond donors (Lipinski definition) is 0. The maximum atomic E-state index is 8.35. The summed E-state index contributed by atoms with van der Waals surface area (Å²) in [7, 11) is 0. The van der Waals surface area contributed by atoms with Crippen LogP contribution in [0.5, 0.6) is 11.5 Å². The molecule has 2 aromatic rings. The van der Waals surface area contributed by atoms with E-state index in [1.54, 1.807) is 6.07 Å². The van der Waals surface area contributed by atoms with E-state index in [0.717, 1.165) is 17.1 Å². The average molecular weight is 233 g/mol. The molecule has 0 unspecified atom stereocenters. The molecule has 86 valence electrons. The zero-order chi connectivity index (χ0) is 12.6. The molecule has 0 radical (unpaired) electrons. The number of nitrogens with zero attached hydrogens (tertiary/aromatic N) is 1. The van der Waals surface area contributed by atoms with Gasteiger partial charge in [0.25, 0.3) is 0 Å². The predicted octanol–water partition coefficient (Wildman–Crippen LogP) is 3.55. The van der Waals surface area contributed by atoms with E-state index >= 15 is 0 Å². The quantitative estimate of drug-likeness (QED) is 0.759. The van der Waals surface area contributed by atoms with Gasteiger partial charge in [-0.3, -0.25) is 0 Å². The van der Waals surface area contributed by atoms with E-state index in [-0.39, 0.29) is 0 Å². The van der Waals surface area contributed by atoms with Crippen LogP contribution in [0.3, 0.4) is 0 Å². The summed E-state index contributed by atoms with van der Waals surface area (Å²) in [5.74, 6) is 6.74. The molecule has 0 saturated heterocycles. The van der Waals surface area contributed by atoms with Crippen molar-refractivity contribution >= 4 is 0 Å². The van der Waals surface area contributed by atoms with Gasteiger partial charge < -0.3 is 4.74 Å². The van der Waals surface area contributed by atoms with E-state index in [0.29, 0.717) is 6.42 Å². The molecule has 2 nitrogen and oxygen atoms in total. The Bertz CT molecular complexity index is 615. The van der Waals surface area contributed by atoms with E-state index in [2.05, 4.69) is 11.8 Å². The summed E-state index contributed by atoms with van der Waals surface area (Å²) in [4.78, 5) is 0. The summed E-state index contributed by atoms with van der Waals surface area (Å²) in [6, 6.07) is 19.1. The smallest absolute Gasteiger partial charge is 0.152 e. The minimum Gasteiger partial charge on any atom is -0.457 e. The lowest BCUT2D eigenvalue weighted by molar-refractivity contribution is 0.482. The molecule has 0 spiro atoms. The third kappa shape index (κ3) is 3.40. The van der Waals surface area contributed by atoms with Gasteiger partial charge in [0, 0.05) is 12.3 Å². The van der Waals surface area contributed by atoms with Crippen molar-refractivity contribution in [1.82, 2.24) is 0 Å². The molecule has 0 fully saturated rings. The van der Waals surface area contributed by atoms with Crippen LogP contribution in [0.4, 0.5) is 0 Å². The fourth-order valence-electron chi connectivity index (χ4n) is 1.53. The summed E-state index contributed by atoms with van der Waals surface area (Å²) >= 11 is 0. The lowest BCUT2D eigenvalue weighted by Gasteiger charge is -2.06. The second kappa shape index (κ2) is 6.13. The summed E-state index contributed by atoms with van der Waals surface area (Å²) < 4.78 is 5.71. The Hall–Kier alpha value is -2.71. The first kappa shape index (κ1) is 11.8. The second-order valence-corrected chi connectivity index (χ2v) is 3.65. The maximum Gasteiger partial charge on any atom is 0.152 e. The van der Waals surface area contributed by atoms with Crippen LogP contribution in [0, 0.1) is 23.2 Å². The Balaban J connectivity index is 2.10. The monoisotopic (exact) mass is 233 g/mol. The van der Waals surface area contributed by atoms with Gasteiger partial charge in [-0.1, -0.05) is 36.3 Å². The molecule has 0 amide bonds. The van der Waals surface area contributed by atoms with Crippen LogP contribution in [0.25, 0.3) is 0 Å². The lowest BCUT2D eigenvalue weighted by atomic mass is 10.1. The number of nitriles is 1. The summed E-state index contributed by atoms with van der Waals surface area (Å²) in [6.45, 7) is 0. The molecule has 0 aliphatic heterocycles. The predicted molar refractivity (Wildman–Crippen MR) is 70.1 cm³/mol. The van der Waals surface area contributed by atoms with Crippen molar-refractivity contribution in [3.8, 4) is 29.4 Å². The van der Waals surface area contributed by atoms with Crippen LogP contribution >= 0.6 is 0 Å². The van der Waals surface area contributed by atoms with Crippen LogP contribution in [-0.2, 0) is 6.42 Å². The molecular formula is C16H11NO. The molecule has 0 aromatic heterocycles. The van der Waals surface area contributed by atoms with Crippen molar-refractivity contribution in [3.63, 3.8) is 0 Å². The molecule has 0 atom stereocenters. The average Bonchev–Trinajstić information content (AvgIpc) is 2.41. The van der Waals surface area contributed by atoms with Crippen LogP contribution in [0.15, 0.2) is 54.6 Å². The van der Waals surface area contributed by atoms with Gasteiger partial charge in [-0.25, -0.2) is 0 Å². The highest BCUT2D eigenvalue weighted by Gasteiger charge is 1.97. The Morgan fingerprint density at radius 2 is 1.72 bits per heavy atom. The van der Waals surface area contributed by atoms with Crippen LogP contribution in [0.2, 0.25) is 0 Å². The molecule has 18 heavy (non-hydrogen) atoms. The highest BCUT2D eigenvalue weighted by Crippen LogP contribution is 2.21. The normalized spacial score (nSPS) is 8.83. The first-order valence-corrected chi connectivity index (χ1v) is 5.57. The minimum atomic E-state index is 0.555. The highest BCUT2D eigenvalue weighted by atomic mass is 16.5. The van der Waals surface area contributed by atoms with E-state index in [9.17, 15) is 0 Å². The zero-order valence-corrected chi connectivity index (χ0v) is 9.76. The number of hydrogen-bond acceptors (Lipinski definition) is 2. The molecule has 0 bridgehead atoms. The molecule has 0 saturated carbocycles. The topological polar surface area (TPSA) is 33.0 Å². The largest absolute Gasteiger partial charge is 0.457 e. The molecule has 2 rings (SSSR count). The van der Waals surface area contributed by atoms with E-state index in [1.807, 2.05) is 54.6 Å². The van der Waals surface area contributed by atoms with Crippen molar-refractivity contribution in [2.45, 2.75) is 6.42 Å². The van der Waals surface area contributed by atoms with Crippen molar-refractivity contribution in [2.24, 2.45) is 0 Å². The standard InChI is InChI=1S/C16H11NO/c17-12-5-4-7-14-8-6-11-16(13-14)18-15-9-2-1-3-10-15/h1-3,6,8-11,13H,7H2. The minimum absolute atomic E-state index is 0.555. The van der Waals surface area contributed by atoms with Crippen LogP contribution in [-0.4, -0.2) is 0 Å². The fourth-order valence-corrected chi connectivity index (χ4v) is 1.53. The van der Waals surface area contributed by atoms with E-state index in [1.165, 1.54) is 0 Å². The number of rotatable bonds is 3. The molecule has 2 aromatic carbocycles. The van der Waals surface area contributed by atoms with Gasteiger partial charge in [0.1, 0.15) is 11.5 Å². The van der Waals surface area contributed by atoms with Crippen molar-refractivity contribution in [2.75, 3.05) is 0 Å². The van der Waals surface area contributed by atoms with Gasteiger partial charge in [-0.15, -0.1) is 0 Å². The summed E-state index contributed by atoms with van der Waals surface area (Å²) in [6.07, 6.45) is 0.555. The van der Waals surface area contributed by atoms with Gasteiger partial charge >= 0.3 is 0 Å². The summed E-state index contributed by atoms with van der Waals surface area (Å²) in [5.41, 5.74) is 1.03. The molecule has 0 heterocycles. The van der Waals surface area contributed by atoms with E-state index < -0.39 is 0 Å². The molecular weight excluding hydrogens is 222 g/mol. The SMILES string of the molecule is N#CC#CCc1cccc(Oc2ccccc2)c1. The number of para-hydroxylation sites is 1. The molecule has 0 aliphatic rings. The Morgan fingerprint density at radius 1 is 0.944 bits per heavy atom. The highest BCUT2D eigenvalue weighted by molar-refractivity contribution is 5.35. The number of ether oxygens (including phenoxy) is 1. The third-order valence-corrected chi connectivity index (χ3v) is 2.31. The summed E-state index contributed by atoms with van der Waals surface area (Å²) in [5, 5.41) is 8.35. The van der Waals surface area contributed by atoms with Gasteiger partial charge in [-0.05, 0) is 29.8 Å². The maximum absolute atomic E-state index is 8.35. The van der Waals surface area contributed by atoms with Gasteiger partial charge in [0.05, 0.1) is 0 Å². The zero-order valence-electron chi connectivity index (χ0n) is 9.76. The van der Waals surface area contributed by atoms with Crippen LogP contribution in [0.1, 0.15) is 5.56 Å². The van der Waals surface area contributed by atoms with Crippen LogP contribution < -0.4 is 4.74 Å². The first-order valence-electron chi connectivity index (χ1n) is 5.57. The molecule has 0 N–H and O–H groups in total. The lowest BCUT2D eigenvalue weighted by Crippen LogP contribution is -1.86. The first-order chi connectivity index (χ1) is 8.88. The van der Waals surface area contributed by atoms with Crippen molar-refractivity contribution < 1.29 is 4.74 Å². The molecule has 2 heteroatoms. The van der Waals surface area contributed by atoms with Gasteiger partial charge in [0.2, 0.25) is 0 Å². The van der Waals surface area contributed by atoms with Gasteiger partial charge in [0.15, 0.2) is 6.07 Å². The third-order valence-electron chi connectivity index (χ3n) is 2.31. The molecule has 0 aliphatic carbocycles. The van der Waals surface area contributed by atoms with Crippen molar-refractivity contribution in [3.05, 3.63) is 60.2 Å². The van der Waals surface area contributed by atoms with E-state index in [4.69, 9.17) is 10.00 Å². The Kier molecular flexibility index (Phi) is 4.01. The Labute approximate surface area is 106 Å². The van der Waals surface area contributed by atoms with Gasteiger partial charge in [-0.2, -0.15) is 5.26 Å². The number of benzene rings is 2. The fraction of sp³-hybridized carbons (Fsp3) is 0.0625. The Morgan fingerprint density at radius 3 is 2.50 bits per heavy atom. The second-order valence-electron chi connectivity index (χ2n) is 3.65. The van der Waals surface area contributed by atoms with Crippen molar-refractivity contribution in [1.29, 1.82) is 5.26 Å².